The van der Waals surface area contributed by atoms with Crippen molar-refractivity contribution in [2.24, 2.45) is 5.92 Å². The molecular formula is C20H21F2N7O. The highest BCUT2D eigenvalue weighted by atomic mass is 19.1. The number of anilines is 2. The van der Waals surface area contributed by atoms with Gasteiger partial charge in [-0.25, -0.2) is 18.6 Å². The molecule has 5 rings (SSSR count). The van der Waals surface area contributed by atoms with Crippen molar-refractivity contribution >= 4 is 23.2 Å². The number of aromatic nitrogens is 4. The summed E-state index contributed by atoms with van der Waals surface area (Å²) in [7, 11) is 0. The monoisotopic (exact) mass is 413 g/mol. The van der Waals surface area contributed by atoms with Crippen LogP contribution in [-0.4, -0.2) is 50.1 Å². The zero-order valence-corrected chi connectivity index (χ0v) is 16.4. The zero-order chi connectivity index (χ0) is 20.8. The van der Waals surface area contributed by atoms with Gasteiger partial charge in [0, 0.05) is 38.0 Å². The summed E-state index contributed by atoms with van der Waals surface area (Å²) < 4.78 is 29.1. The summed E-state index contributed by atoms with van der Waals surface area (Å²) in [5.74, 6) is 0.433. The number of hydrogen-bond donors (Lipinski definition) is 2. The fraction of sp³-hybridized carbons (Fsp3) is 0.400. The Labute approximate surface area is 171 Å². The number of halogens is 2. The Morgan fingerprint density at radius 1 is 1.30 bits per heavy atom. The minimum atomic E-state index is -0.802. The van der Waals surface area contributed by atoms with E-state index in [0.717, 1.165) is 48.9 Å². The van der Waals surface area contributed by atoms with Gasteiger partial charge < -0.3 is 15.5 Å². The smallest absolute Gasteiger partial charge is 0.321 e. The van der Waals surface area contributed by atoms with Crippen LogP contribution in [0.3, 0.4) is 0 Å². The SMILES string of the molecule is C[C@@H]1CCN(C(=O)Nc2ccc(F)cc2F)C[C@@H]1c1nnc2cnc3c(n12)CCN3. The molecule has 3 aromatic rings. The van der Waals surface area contributed by atoms with Crippen molar-refractivity contribution in [3.05, 3.63) is 47.5 Å². The van der Waals surface area contributed by atoms with E-state index < -0.39 is 17.7 Å². The maximum absolute atomic E-state index is 13.9. The summed E-state index contributed by atoms with van der Waals surface area (Å²) in [6.45, 7) is 3.93. The van der Waals surface area contributed by atoms with E-state index in [-0.39, 0.29) is 11.6 Å². The van der Waals surface area contributed by atoms with Gasteiger partial charge in [-0.15, -0.1) is 10.2 Å². The van der Waals surface area contributed by atoms with Crippen LogP contribution in [0.2, 0.25) is 0 Å². The molecule has 4 heterocycles. The van der Waals surface area contributed by atoms with Crippen LogP contribution < -0.4 is 10.6 Å². The van der Waals surface area contributed by atoms with Crippen LogP contribution in [0, 0.1) is 17.6 Å². The zero-order valence-electron chi connectivity index (χ0n) is 16.4. The van der Waals surface area contributed by atoms with Gasteiger partial charge in [-0.05, 0) is 24.5 Å². The molecule has 0 bridgehead atoms. The highest BCUT2D eigenvalue weighted by Crippen LogP contribution is 2.33. The van der Waals surface area contributed by atoms with Crippen LogP contribution in [-0.2, 0) is 6.42 Å². The fourth-order valence-electron chi connectivity index (χ4n) is 4.26. The molecule has 1 fully saturated rings. The first-order valence-corrected chi connectivity index (χ1v) is 9.99. The second-order valence-corrected chi connectivity index (χ2v) is 7.85. The molecule has 8 nitrogen and oxygen atoms in total. The first kappa shape index (κ1) is 18.7. The Morgan fingerprint density at radius 2 is 2.17 bits per heavy atom. The van der Waals surface area contributed by atoms with Gasteiger partial charge in [0.25, 0.3) is 0 Å². The Morgan fingerprint density at radius 3 is 3.00 bits per heavy atom. The summed E-state index contributed by atoms with van der Waals surface area (Å²) in [4.78, 5) is 18.8. The van der Waals surface area contributed by atoms with Gasteiger partial charge in [-0.3, -0.25) is 4.40 Å². The Balaban J connectivity index is 1.41. The predicted molar refractivity (Wildman–Crippen MR) is 106 cm³/mol. The third-order valence-corrected chi connectivity index (χ3v) is 5.97. The summed E-state index contributed by atoms with van der Waals surface area (Å²) in [5, 5.41) is 14.5. The minimum absolute atomic E-state index is 0.0235. The standard InChI is InChI=1S/C20H21F2N7O/c1-11-5-7-28(20(30)25-15-3-2-12(21)8-14(15)22)10-13(11)19-27-26-17-9-24-18-16(29(17)19)4-6-23-18/h2-3,8-9,11,13,23H,4-7,10H2,1H3,(H,25,30)/t11-,13+/m1/s1. The van der Waals surface area contributed by atoms with E-state index in [9.17, 15) is 13.6 Å². The van der Waals surface area contributed by atoms with Crippen LogP contribution in [0.1, 0.15) is 30.8 Å². The van der Waals surface area contributed by atoms with Crippen molar-refractivity contribution in [3.63, 3.8) is 0 Å². The summed E-state index contributed by atoms with van der Waals surface area (Å²) in [6.07, 6.45) is 3.31. The molecule has 2 N–H and O–H groups in total. The lowest BCUT2D eigenvalue weighted by Gasteiger charge is -2.36. The van der Waals surface area contributed by atoms with Gasteiger partial charge in [0.05, 0.1) is 17.6 Å². The number of nitrogens with one attached hydrogen (secondary N) is 2. The quantitative estimate of drug-likeness (QED) is 0.674. The molecule has 2 amide bonds. The van der Waals surface area contributed by atoms with Crippen LogP contribution in [0.5, 0.6) is 0 Å². The molecule has 0 unspecified atom stereocenters. The van der Waals surface area contributed by atoms with E-state index in [4.69, 9.17) is 0 Å². The normalized spacial score (nSPS) is 20.8. The summed E-state index contributed by atoms with van der Waals surface area (Å²) in [6, 6.07) is 2.67. The largest absolute Gasteiger partial charge is 0.368 e. The maximum atomic E-state index is 13.9. The van der Waals surface area contributed by atoms with Gasteiger partial charge in [0.15, 0.2) is 5.65 Å². The van der Waals surface area contributed by atoms with E-state index in [1.807, 2.05) is 4.40 Å². The molecule has 0 saturated carbocycles. The van der Waals surface area contributed by atoms with E-state index >= 15 is 0 Å². The fourth-order valence-corrected chi connectivity index (χ4v) is 4.26. The topological polar surface area (TPSA) is 87.5 Å². The lowest BCUT2D eigenvalue weighted by molar-refractivity contribution is 0.170. The van der Waals surface area contributed by atoms with Crippen molar-refractivity contribution in [2.75, 3.05) is 30.3 Å². The maximum Gasteiger partial charge on any atom is 0.321 e. The molecule has 0 aliphatic carbocycles. The molecule has 2 aliphatic heterocycles. The van der Waals surface area contributed by atoms with Crippen LogP contribution in [0.15, 0.2) is 24.4 Å². The molecule has 0 spiro atoms. The molecule has 10 heteroatoms. The predicted octanol–water partition coefficient (Wildman–Crippen LogP) is 3.03. The third-order valence-electron chi connectivity index (χ3n) is 5.97. The molecule has 1 aromatic carbocycles. The van der Waals surface area contributed by atoms with Gasteiger partial charge >= 0.3 is 6.03 Å². The number of urea groups is 1. The van der Waals surface area contributed by atoms with Gasteiger partial charge in [-0.1, -0.05) is 6.92 Å². The summed E-state index contributed by atoms with van der Waals surface area (Å²) >= 11 is 0. The lowest BCUT2D eigenvalue weighted by atomic mass is 9.86. The molecule has 2 atom stereocenters. The number of rotatable bonds is 2. The Hall–Kier alpha value is -3.30. The number of nitrogens with zero attached hydrogens (tertiary/aromatic N) is 5. The van der Waals surface area contributed by atoms with E-state index in [0.29, 0.717) is 24.7 Å². The van der Waals surface area contributed by atoms with Gasteiger partial charge in [0.1, 0.15) is 23.3 Å². The number of amides is 2. The average molecular weight is 413 g/mol. The van der Waals surface area contributed by atoms with E-state index in [2.05, 4.69) is 32.7 Å². The summed E-state index contributed by atoms with van der Waals surface area (Å²) in [5.41, 5.74) is 1.70. The number of piperidine rings is 1. The molecule has 0 radical (unpaired) electrons. The second-order valence-electron chi connectivity index (χ2n) is 7.85. The van der Waals surface area contributed by atoms with Crippen LogP contribution in [0.25, 0.3) is 5.65 Å². The van der Waals surface area contributed by atoms with Crippen molar-refractivity contribution in [1.82, 2.24) is 24.5 Å². The molecule has 1 saturated heterocycles. The molecule has 156 valence electrons. The van der Waals surface area contributed by atoms with Gasteiger partial charge in [-0.2, -0.15) is 0 Å². The number of carbonyl (C=O) groups is 1. The van der Waals surface area contributed by atoms with Crippen molar-refractivity contribution in [3.8, 4) is 0 Å². The van der Waals surface area contributed by atoms with E-state index in [1.54, 1.807) is 11.1 Å². The number of fused-ring (bicyclic) bond motifs is 3. The molecule has 2 aromatic heterocycles. The molecular weight excluding hydrogens is 392 g/mol. The van der Waals surface area contributed by atoms with Crippen molar-refractivity contribution < 1.29 is 13.6 Å². The molecule has 30 heavy (non-hydrogen) atoms. The Kier molecular flexibility index (Phi) is 4.48. The number of carbonyl (C=O) groups excluding carboxylic acids is 1. The minimum Gasteiger partial charge on any atom is -0.368 e. The number of hydrogen-bond acceptors (Lipinski definition) is 5. The van der Waals surface area contributed by atoms with Gasteiger partial charge in [0.2, 0.25) is 0 Å². The number of benzene rings is 1. The Bertz CT molecular complexity index is 1130. The average Bonchev–Trinajstić information content (AvgIpc) is 3.36. The highest BCUT2D eigenvalue weighted by molar-refractivity contribution is 5.89. The van der Waals surface area contributed by atoms with Crippen LogP contribution >= 0.6 is 0 Å². The lowest BCUT2D eigenvalue weighted by Crippen LogP contribution is -2.44. The second kappa shape index (κ2) is 7.19. The first-order valence-electron chi connectivity index (χ1n) is 9.99. The third kappa shape index (κ3) is 3.12. The van der Waals surface area contributed by atoms with Crippen molar-refractivity contribution in [1.29, 1.82) is 0 Å². The highest BCUT2D eigenvalue weighted by Gasteiger charge is 2.34. The number of likely N-dealkylation sites (tertiary alicyclic amines) is 1. The van der Waals surface area contributed by atoms with Crippen LogP contribution in [0.4, 0.5) is 25.1 Å². The van der Waals surface area contributed by atoms with Crippen molar-refractivity contribution in [2.45, 2.75) is 25.7 Å². The first-order chi connectivity index (χ1) is 14.5. The van der Waals surface area contributed by atoms with E-state index in [1.165, 1.54) is 6.07 Å². The molecule has 2 aliphatic rings.